The van der Waals surface area contributed by atoms with Crippen LogP contribution in [0.2, 0.25) is 0 Å². The first-order valence-corrected chi connectivity index (χ1v) is 9.49. The van der Waals surface area contributed by atoms with Crippen LogP contribution in [-0.2, 0) is 10.0 Å². The van der Waals surface area contributed by atoms with Crippen molar-refractivity contribution in [1.82, 2.24) is 10.0 Å². The van der Waals surface area contributed by atoms with E-state index in [0.29, 0.717) is 18.2 Å². The van der Waals surface area contributed by atoms with Gasteiger partial charge in [-0.05, 0) is 50.6 Å². The zero-order valence-electron chi connectivity index (χ0n) is 11.9. The highest BCUT2D eigenvalue weighted by atomic mass is 32.2. The molecule has 1 heterocycles. The van der Waals surface area contributed by atoms with Crippen molar-refractivity contribution in [1.29, 1.82) is 0 Å². The molecule has 0 amide bonds. The van der Waals surface area contributed by atoms with Gasteiger partial charge in [-0.2, -0.15) is 0 Å². The molecule has 0 spiro atoms. The highest BCUT2D eigenvalue weighted by Crippen LogP contribution is 2.28. The van der Waals surface area contributed by atoms with E-state index in [1.54, 1.807) is 0 Å². The van der Waals surface area contributed by atoms with Gasteiger partial charge in [0.25, 0.3) is 0 Å². The van der Waals surface area contributed by atoms with Crippen LogP contribution >= 0.6 is 0 Å². The van der Waals surface area contributed by atoms with Gasteiger partial charge < -0.3 is 5.32 Å². The van der Waals surface area contributed by atoms with Crippen LogP contribution in [0.4, 0.5) is 0 Å². The van der Waals surface area contributed by atoms with Gasteiger partial charge in [-0.15, -0.1) is 0 Å². The van der Waals surface area contributed by atoms with Crippen LogP contribution in [0.5, 0.6) is 0 Å². The van der Waals surface area contributed by atoms with E-state index in [4.69, 9.17) is 0 Å². The molecule has 4 nitrogen and oxygen atoms in total. The van der Waals surface area contributed by atoms with E-state index in [0.717, 1.165) is 38.3 Å². The van der Waals surface area contributed by atoms with Crippen LogP contribution in [0.15, 0.2) is 0 Å². The minimum absolute atomic E-state index is 0.293. The summed E-state index contributed by atoms with van der Waals surface area (Å²) in [6.07, 6.45) is 9.75. The Bertz CT molecular complexity index is 344. The lowest BCUT2D eigenvalue weighted by Gasteiger charge is -2.22. The molecule has 1 atom stereocenters. The Labute approximate surface area is 117 Å². The van der Waals surface area contributed by atoms with Gasteiger partial charge in [0.05, 0.1) is 5.75 Å². The Hall–Kier alpha value is -0.130. The third-order valence-corrected chi connectivity index (χ3v) is 5.99. The van der Waals surface area contributed by atoms with Crippen molar-refractivity contribution in [3.05, 3.63) is 0 Å². The largest absolute Gasteiger partial charge is 0.316 e. The van der Waals surface area contributed by atoms with Crippen molar-refractivity contribution in [3.8, 4) is 0 Å². The van der Waals surface area contributed by atoms with Crippen LogP contribution in [0, 0.1) is 11.8 Å². The highest BCUT2D eigenvalue weighted by Gasteiger charge is 2.21. The molecule has 2 N–H and O–H groups in total. The maximum absolute atomic E-state index is 12.0. The monoisotopic (exact) mass is 288 g/mol. The van der Waals surface area contributed by atoms with Gasteiger partial charge in [0.15, 0.2) is 0 Å². The van der Waals surface area contributed by atoms with Gasteiger partial charge in [-0.3, -0.25) is 0 Å². The number of piperidine rings is 1. The van der Waals surface area contributed by atoms with E-state index in [1.165, 1.54) is 32.1 Å². The first-order valence-electron chi connectivity index (χ1n) is 7.84. The molecule has 1 saturated heterocycles. The van der Waals surface area contributed by atoms with Gasteiger partial charge in [0, 0.05) is 6.54 Å². The van der Waals surface area contributed by atoms with Gasteiger partial charge in [-0.25, -0.2) is 13.1 Å². The van der Waals surface area contributed by atoms with Crippen molar-refractivity contribution in [3.63, 3.8) is 0 Å². The summed E-state index contributed by atoms with van der Waals surface area (Å²) in [7, 11) is -3.07. The molecular formula is C14H28N2O2S. The Kier molecular flexibility index (Phi) is 6.10. The minimum Gasteiger partial charge on any atom is -0.316 e. The Balaban J connectivity index is 1.60. The first kappa shape index (κ1) is 15.3. The highest BCUT2D eigenvalue weighted by molar-refractivity contribution is 7.89. The summed E-state index contributed by atoms with van der Waals surface area (Å²) in [5.74, 6) is 1.44. The average molecular weight is 288 g/mol. The molecule has 0 radical (unpaired) electrons. The fraction of sp³-hybridized carbons (Fsp3) is 1.00. The van der Waals surface area contributed by atoms with Crippen molar-refractivity contribution in [2.24, 2.45) is 11.8 Å². The molecule has 0 aromatic carbocycles. The zero-order chi connectivity index (χ0) is 13.6. The molecule has 5 heteroatoms. The van der Waals surface area contributed by atoms with E-state index < -0.39 is 10.0 Å². The molecule has 2 fully saturated rings. The lowest BCUT2D eigenvalue weighted by molar-refractivity contribution is 0.402. The van der Waals surface area contributed by atoms with E-state index in [-0.39, 0.29) is 0 Å². The van der Waals surface area contributed by atoms with E-state index >= 15 is 0 Å². The fourth-order valence-electron chi connectivity index (χ4n) is 3.35. The molecule has 2 aliphatic rings. The van der Waals surface area contributed by atoms with Crippen molar-refractivity contribution < 1.29 is 8.42 Å². The molecule has 1 unspecified atom stereocenters. The summed E-state index contributed by atoms with van der Waals surface area (Å²) in [5, 5.41) is 3.27. The standard InChI is InChI=1S/C14H28N2O2S/c17-19(18,12-14-8-3-9-15-11-14)16-10-4-7-13-5-1-2-6-13/h13-16H,1-12H2. The quantitative estimate of drug-likeness (QED) is 0.703. The molecule has 19 heavy (non-hydrogen) atoms. The summed E-state index contributed by atoms with van der Waals surface area (Å²) in [6.45, 7) is 2.51. The van der Waals surface area contributed by atoms with Crippen LogP contribution in [-0.4, -0.2) is 33.8 Å². The number of hydrogen-bond acceptors (Lipinski definition) is 3. The molecule has 2 rings (SSSR count). The van der Waals surface area contributed by atoms with Gasteiger partial charge in [0.2, 0.25) is 10.0 Å². The van der Waals surface area contributed by atoms with Crippen LogP contribution in [0.3, 0.4) is 0 Å². The predicted molar refractivity (Wildman–Crippen MR) is 78.6 cm³/mol. The zero-order valence-corrected chi connectivity index (χ0v) is 12.7. The second-order valence-corrected chi connectivity index (χ2v) is 8.03. The van der Waals surface area contributed by atoms with Crippen LogP contribution < -0.4 is 10.0 Å². The Morgan fingerprint density at radius 2 is 1.79 bits per heavy atom. The van der Waals surface area contributed by atoms with Crippen molar-refractivity contribution in [2.45, 2.75) is 51.4 Å². The summed E-state index contributed by atoms with van der Waals surface area (Å²) < 4.78 is 26.7. The normalized spacial score (nSPS) is 25.8. The molecule has 1 saturated carbocycles. The SMILES string of the molecule is O=S(=O)(CC1CCCNC1)NCCCC1CCCC1. The smallest absolute Gasteiger partial charge is 0.211 e. The summed E-state index contributed by atoms with van der Waals surface area (Å²) in [6, 6.07) is 0. The molecule has 0 aromatic heterocycles. The number of nitrogens with one attached hydrogen (secondary N) is 2. The van der Waals surface area contributed by atoms with Crippen LogP contribution in [0.1, 0.15) is 51.4 Å². The lowest BCUT2D eigenvalue weighted by Crippen LogP contribution is -2.37. The summed E-state index contributed by atoms with van der Waals surface area (Å²) in [5.41, 5.74) is 0. The molecule has 0 bridgehead atoms. The molecular weight excluding hydrogens is 260 g/mol. The van der Waals surface area contributed by atoms with E-state index in [1.807, 2.05) is 0 Å². The molecule has 1 aliphatic carbocycles. The van der Waals surface area contributed by atoms with Crippen molar-refractivity contribution >= 4 is 10.0 Å². The Morgan fingerprint density at radius 1 is 1.05 bits per heavy atom. The van der Waals surface area contributed by atoms with Gasteiger partial charge in [0.1, 0.15) is 0 Å². The topological polar surface area (TPSA) is 58.2 Å². The summed E-state index contributed by atoms with van der Waals surface area (Å²) in [4.78, 5) is 0. The van der Waals surface area contributed by atoms with Gasteiger partial charge in [-0.1, -0.05) is 25.7 Å². The number of sulfonamides is 1. The molecule has 112 valence electrons. The number of rotatable bonds is 7. The minimum atomic E-state index is -3.07. The fourth-order valence-corrected chi connectivity index (χ4v) is 4.83. The summed E-state index contributed by atoms with van der Waals surface area (Å²) >= 11 is 0. The van der Waals surface area contributed by atoms with E-state index in [9.17, 15) is 8.42 Å². The Morgan fingerprint density at radius 3 is 2.47 bits per heavy atom. The number of hydrogen-bond donors (Lipinski definition) is 2. The second kappa shape index (κ2) is 7.60. The van der Waals surface area contributed by atoms with Gasteiger partial charge >= 0.3 is 0 Å². The first-order chi connectivity index (χ1) is 9.16. The molecule has 1 aliphatic heterocycles. The molecule has 0 aromatic rings. The second-order valence-electron chi connectivity index (χ2n) is 6.18. The third kappa shape index (κ3) is 5.79. The van der Waals surface area contributed by atoms with Crippen LogP contribution in [0.25, 0.3) is 0 Å². The van der Waals surface area contributed by atoms with E-state index in [2.05, 4.69) is 10.0 Å². The maximum Gasteiger partial charge on any atom is 0.211 e. The third-order valence-electron chi connectivity index (χ3n) is 4.44. The maximum atomic E-state index is 12.0. The van der Waals surface area contributed by atoms with Crippen molar-refractivity contribution in [2.75, 3.05) is 25.4 Å². The average Bonchev–Trinajstić information content (AvgIpc) is 2.88. The predicted octanol–water partition coefficient (Wildman–Crippen LogP) is 1.88. The lowest BCUT2D eigenvalue weighted by atomic mass is 10.0.